The van der Waals surface area contributed by atoms with Gasteiger partial charge in [-0.2, -0.15) is 0 Å². The molecule has 0 aliphatic heterocycles. The van der Waals surface area contributed by atoms with Gasteiger partial charge < -0.3 is 10.1 Å². The standard InChI is InChI=1S/C14H20ClNO2/c1-10(11-5-7-12(15)8-6-11)16-9-13(17)18-14(2,3)4/h5-8,10,16H,9H2,1-4H3. The number of ether oxygens (including phenoxy) is 1. The minimum absolute atomic E-state index is 0.0785. The highest BCUT2D eigenvalue weighted by Crippen LogP contribution is 2.16. The molecular formula is C14H20ClNO2. The largest absolute Gasteiger partial charge is 0.459 e. The first kappa shape index (κ1) is 15.0. The molecule has 0 amide bonds. The summed E-state index contributed by atoms with van der Waals surface area (Å²) in [7, 11) is 0. The normalized spacial score (nSPS) is 13.2. The average Bonchev–Trinajstić information content (AvgIpc) is 2.24. The summed E-state index contributed by atoms with van der Waals surface area (Å²) < 4.78 is 5.22. The Morgan fingerprint density at radius 3 is 2.39 bits per heavy atom. The predicted molar refractivity (Wildman–Crippen MR) is 73.7 cm³/mol. The maximum absolute atomic E-state index is 11.5. The van der Waals surface area contributed by atoms with Crippen molar-refractivity contribution in [3.8, 4) is 0 Å². The lowest BCUT2D eigenvalue weighted by atomic mass is 10.1. The summed E-state index contributed by atoms with van der Waals surface area (Å²) in [6, 6.07) is 7.63. The Morgan fingerprint density at radius 2 is 1.89 bits per heavy atom. The van der Waals surface area contributed by atoms with Crippen molar-refractivity contribution in [2.24, 2.45) is 0 Å². The average molecular weight is 270 g/mol. The van der Waals surface area contributed by atoms with Crippen molar-refractivity contribution < 1.29 is 9.53 Å². The molecule has 0 radical (unpaired) electrons. The number of carbonyl (C=O) groups excluding carboxylic acids is 1. The molecule has 1 rings (SSSR count). The molecule has 0 spiro atoms. The Balaban J connectivity index is 2.44. The van der Waals surface area contributed by atoms with Crippen LogP contribution < -0.4 is 5.32 Å². The summed E-state index contributed by atoms with van der Waals surface area (Å²) in [5, 5.41) is 3.83. The van der Waals surface area contributed by atoms with E-state index >= 15 is 0 Å². The van der Waals surface area contributed by atoms with Gasteiger partial charge in [0.05, 0.1) is 6.54 Å². The number of hydrogen-bond acceptors (Lipinski definition) is 3. The highest BCUT2D eigenvalue weighted by Gasteiger charge is 2.16. The van der Waals surface area contributed by atoms with Crippen LogP contribution >= 0.6 is 11.6 Å². The zero-order chi connectivity index (χ0) is 13.8. The van der Waals surface area contributed by atoms with E-state index in [-0.39, 0.29) is 18.6 Å². The summed E-state index contributed by atoms with van der Waals surface area (Å²) in [4.78, 5) is 11.5. The molecule has 0 saturated carbocycles. The van der Waals surface area contributed by atoms with Crippen molar-refractivity contribution in [1.82, 2.24) is 5.32 Å². The lowest BCUT2D eigenvalue weighted by Gasteiger charge is -2.21. The van der Waals surface area contributed by atoms with Crippen LogP contribution in [-0.4, -0.2) is 18.1 Å². The molecular weight excluding hydrogens is 250 g/mol. The molecule has 18 heavy (non-hydrogen) atoms. The summed E-state index contributed by atoms with van der Waals surface area (Å²) in [5.41, 5.74) is 0.644. The quantitative estimate of drug-likeness (QED) is 0.852. The Labute approximate surface area is 113 Å². The molecule has 0 bridgehead atoms. The third-order valence-electron chi connectivity index (χ3n) is 2.34. The van der Waals surface area contributed by atoms with Crippen LogP contribution in [0.25, 0.3) is 0 Å². The molecule has 0 aliphatic rings. The first-order chi connectivity index (χ1) is 8.28. The Hall–Kier alpha value is -1.06. The number of carbonyl (C=O) groups is 1. The lowest BCUT2D eigenvalue weighted by molar-refractivity contribution is -0.153. The number of benzene rings is 1. The van der Waals surface area contributed by atoms with E-state index in [4.69, 9.17) is 16.3 Å². The van der Waals surface area contributed by atoms with Crippen LogP contribution in [0.4, 0.5) is 0 Å². The molecule has 100 valence electrons. The van der Waals surface area contributed by atoms with Gasteiger partial charge in [0.15, 0.2) is 0 Å². The van der Waals surface area contributed by atoms with Crippen LogP contribution in [0.5, 0.6) is 0 Å². The first-order valence-electron chi connectivity index (χ1n) is 5.98. The molecule has 1 N–H and O–H groups in total. The van der Waals surface area contributed by atoms with E-state index in [2.05, 4.69) is 5.32 Å². The van der Waals surface area contributed by atoms with Crippen molar-refractivity contribution in [2.45, 2.75) is 39.3 Å². The Morgan fingerprint density at radius 1 is 1.33 bits per heavy atom. The second kappa shape index (κ2) is 6.21. The highest BCUT2D eigenvalue weighted by molar-refractivity contribution is 6.30. The van der Waals surface area contributed by atoms with Gasteiger partial charge in [-0.3, -0.25) is 4.79 Å². The second-order valence-electron chi connectivity index (χ2n) is 5.24. The van der Waals surface area contributed by atoms with Crippen LogP contribution in [0, 0.1) is 0 Å². The third kappa shape index (κ3) is 5.52. The summed E-state index contributed by atoms with van der Waals surface area (Å²) >= 11 is 5.82. The van der Waals surface area contributed by atoms with E-state index in [9.17, 15) is 4.79 Å². The zero-order valence-corrected chi connectivity index (χ0v) is 12.0. The smallest absolute Gasteiger partial charge is 0.320 e. The van der Waals surface area contributed by atoms with Gasteiger partial charge in [-0.25, -0.2) is 0 Å². The van der Waals surface area contributed by atoms with Crippen molar-refractivity contribution in [2.75, 3.05) is 6.54 Å². The van der Waals surface area contributed by atoms with Crippen LogP contribution in [0.1, 0.15) is 39.3 Å². The van der Waals surface area contributed by atoms with Crippen molar-refractivity contribution in [3.63, 3.8) is 0 Å². The van der Waals surface area contributed by atoms with E-state index in [1.54, 1.807) is 0 Å². The Bertz CT molecular complexity index is 395. The van der Waals surface area contributed by atoms with Gasteiger partial charge in [0.2, 0.25) is 0 Å². The molecule has 0 heterocycles. The topological polar surface area (TPSA) is 38.3 Å². The maximum atomic E-state index is 11.5. The van der Waals surface area contributed by atoms with Gasteiger partial charge in [0.1, 0.15) is 5.60 Å². The Kier molecular flexibility index (Phi) is 5.17. The van der Waals surface area contributed by atoms with E-state index in [1.807, 2.05) is 52.0 Å². The fourth-order valence-electron chi connectivity index (χ4n) is 1.48. The molecule has 4 heteroatoms. The van der Waals surface area contributed by atoms with Gasteiger partial charge in [0.25, 0.3) is 0 Å². The van der Waals surface area contributed by atoms with Gasteiger partial charge in [-0.15, -0.1) is 0 Å². The monoisotopic (exact) mass is 269 g/mol. The van der Waals surface area contributed by atoms with E-state index in [1.165, 1.54) is 0 Å². The summed E-state index contributed by atoms with van der Waals surface area (Å²) in [6.07, 6.45) is 0. The molecule has 0 aliphatic carbocycles. The SMILES string of the molecule is CC(NCC(=O)OC(C)(C)C)c1ccc(Cl)cc1. The van der Waals surface area contributed by atoms with Gasteiger partial charge in [-0.1, -0.05) is 23.7 Å². The molecule has 0 fully saturated rings. The van der Waals surface area contributed by atoms with E-state index < -0.39 is 5.60 Å². The zero-order valence-electron chi connectivity index (χ0n) is 11.3. The van der Waals surface area contributed by atoms with Crippen molar-refractivity contribution in [1.29, 1.82) is 0 Å². The summed E-state index contributed by atoms with van der Waals surface area (Å²) in [6.45, 7) is 7.75. The first-order valence-corrected chi connectivity index (χ1v) is 6.36. The van der Waals surface area contributed by atoms with Gasteiger partial charge in [-0.05, 0) is 45.4 Å². The number of nitrogens with one attached hydrogen (secondary N) is 1. The van der Waals surface area contributed by atoms with Crippen LogP contribution in [0.2, 0.25) is 5.02 Å². The summed E-state index contributed by atoms with van der Waals surface area (Å²) in [5.74, 6) is -0.247. The molecule has 1 atom stereocenters. The molecule has 3 nitrogen and oxygen atoms in total. The molecule has 1 unspecified atom stereocenters. The molecule has 0 saturated heterocycles. The van der Waals surface area contributed by atoms with Gasteiger partial charge in [0, 0.05) is 11.1 Å². The molecule has 0 aromatic heterocycles. The van der Waals surface area contributed by atoms with Crippen LogP contribution in [0.15, 0.2) is 24.3 Å². The minimum atomic E-state index is -0.442. The highest BCUT2D eigenvalue weighted by atomic mass is 35.5. The van der Waals surface area contributed by atoms with E-state index in [0.29, 0.717) is 5.02 Å². The third-order valence-corrected chi connectivity index (χ3v) is 2.59. The van der Waals surface area contributed by atoms with Gasteiger partial charge >= 0.3 is 5.97 Å². The minimum Gasteiger partial charge on any atom is -0.459 e. The maximum Gasteiger partial charge on any atom is 0.320 e. The second-order valence-corrected chi connectivity index (χ2v) is 5.68. The van der Waals surface area contributed by atoms with Crippen molar-refractivity contribution in [3.05, 3.63) is 34.9 Å². The molecule has 1 aromatic rings. The van der Waals surface area contributed by atoms with Crippen molar-refractivity contribution >= 4 is 17.6 Å². The number of esters is 1. The fraction of sp³-hybridized carbons (Fsp3) is 0.500. The van der Waals surface area contributed by atoms with Crippen LogP contribution in [-0.2, 0) is 9.53 Å². The predicted octanol–water partition coefficient (Wildman–Crippen LogP) is 3.33. The fourth-order valence-corrected chi connectivity index (χ4v) is 1.61. The van der Waals surface area contributed by atoms with Crippen LogP contribution in [0.3, 0.4) is 0 Å². The van der Waals surface area contributed by atoms with E-state index in [0.717, 1.165) is 5.56 Å². The number of hydrogen-bond donors (Lipinski definition) is 1. The molecule has 1 aromatic carbocycles. The number of rotatable bonds is 4. The number of halogens is 1. The lowest BCUT2D eigenvalue weighted by Crippen LogP contribution is -2.32.